The molecular formula is C75H144N10O12S. The van der Waals surface area contributed by atoms with Crippen LogP contribution in [0.2, 0.25) is 0 Å². The largest absolute Gasteiger partial charge is 0.462 e. The molecule has 0 fully saturated rings. The van der Waals surface area contributed by atoms with Crippen LogP contribution in [-0.4, -0.2) is 151 Å². The van der Waals surface area contributed by atoms with Gasteiger partial charge in [-0.3, -0.25) is 43.2 Å². The topological polar surface area (TPSA) is 383 Å². The maximum Gasteiger partial charge on any atom is 0.306 e. The lowest BCUT2D eigenvalue weighted by Crippen LogP contribution is -2.60. The molecule has 0 saturated carbocycles. The van der Waals surface area contributed by atoms with Crippen molar-refractivity contribution in [3.05, 3.63) is 0 Å². The number of nitrogens with two attached hydrogens (primary N) is 5. The SMILES string of the molecule is CCCCCCCCCCCCCCCC(=O)OC[C@H](CSC[C@H](NC(=O)CCCCCCCCC)C(=O)N[C@@H](CO)C(=O)C(=O)[C@H](CCCCN)NC(=O)[C@H](CCCCN)NN[C@@H](CCCCN)C(=O)C(=O)[C@@H](N)CCCCN)OC(=O)CCCCCCCCCCCCCCC. The van der Waals surface area contributed by atoms with Gasteiger partial charge in [-0.15, -0.1) is 0 Å². The number of carbonyl (C=O) groups is 9. The van der Waals surface area contributed by atoms with Gasteiger partial charge in [0, 0.05) is 30.8 Å². The summed E-state index contributed by atoms with van der Waals surface area (Å²) in [5.41, 5.74) is 35.0. The standard InChI is InChI=1S/C75H144N10O12S/c1-4-7-10-13-16-18-20-22-24-26-29-32-35-50-68(88)96-57-60(97-69(89)51-36-33-30-27-25-23-21-19-17-14-11-8-5-2)58-98-59-66(81-67(87)49-34-31-28-15-12-9-6-3)75(95)83-65(56-86)73(93)71(91)62(46-38-42-53-77)82-74(94)64(48-40-44-55-79)85-84-63(47-39-43-54-78)72(92)70(90)61(80)45-37-41-52-76/h60-66,84-86H,4-59,76-80H2,1-3H3,(H,81,87)(H,82,94)(H,83,95)/t60-,61+,62+,63+,64+,65+,66+/m1/s1. The van der Waals surface area contributed by atoms with E-state index in [1.165, 1.54) is 127 Å². The minimum atomic E-state index is -1.79. The zero-order chi connectivity index (χ0) is 72.5. The third-order valence-corrected chi connectivity index (χ3v) is 19.3. The Morgan fingerprint density at radius 3 is 1.14 bits per heavy atom. The van der Waals surface area contributed by atoms with Crippen LogP contribution in [0.5, 0.6) is 0 Å². The summed E-state index contributed by atoms with van der Waals surface area (Å²) in [6.45, 7) is 6.73. The molecule has 0 unspecified atom stereocenters. The zero-order valence-electron chi connectivity index (χ0n) is 61.9. The van der Waals surface area contributed by atoms with Gasteiger partial charge in [0.25, 0.3) is 0 Å². The van der Waals surface area contributed by atoms with Crippen LogP contribution >= 0.6 is 11.8 Å². The van der Waals surface area contributed by atoms with Crippen molar-refractivity contribution in [1.29, 1.82) is 0 Å². The summed E-state index contributed by atoms with van der Waals surface area (Å²) in [5, 5.41) is 18.7. The maximum absolute atomic E-state index is 14.4. The number of aliphatic hydroxyl groups is 1. The van der Waals surface area contributed by atoms with Crippen molar-refractivity contribution in [2.75, 3.05) is 50.9 Å². The van der Waals surface area contributed by atoms with Crippen LogP contribution in [0.4, 0.5) is 0 Å². The summed E-state index contributed by atoms with van der Waals surface area (Å²) in [5.74, 6) is -6.67. The van der Waals surface area contributed by atoms with Crippen LogP contribution in [0.15, 0.2) is 0 Å². The molecule has 0 aromatic rings. The van der Waals surface area contributed by atoms with Gasteiger partial charge in [-0.05, 0) is 103 Å². The number of nitrogens with one attached hydrogen (secondary N) is 5. The highest BCUT2D eigenvalue weighted by Gasteiger charge is 2.36. The molecule has 23 heteroatoms. The molecule has 0 rings (SSSR count). The summed E-state index contributed by atoms with van der Waals surface area (Å²) in [4.78, 5) is 125. The molecule has 0 aliphatic heterocycles. The molecule has 0 aliphatic carbocycles. The predicted octanol–water partition coefficient (Wildman–Crippen LogP) is 10.7. The Labute approximate surface area is 597 Å². The third kappa shape index (κ3) is 52.1. The molecule has 0 aromatic heterocycles. The average molecular weight is 1410 g/mol. The summed E-state index contributed by atoms with van der Waals surface area (Å²) in [6.07, 6.45) is 41.2. The quantitative estimate of drug-likeness (QED) is 0.0117. The van der Waals surface area contributed by atoms with Crippen LogP contribution in [0.25, 0.3) is 0 Å². The number of ketones is 4. The van der Waals surface area contributed by atoms with Gasteiger partial charge < -0.3 is 59.2 Å². The minimum absolute atomic E-state index is 0.0346. The van der Waals surface area contributed by atoms with Gasteiger partial charge in [0.2, 0.25) is 40.9 Å². The number of carbonyl (C=O) groups excluding carboxylic acids is 9. The Morgan fingerprint density at radius 1 is 0.357 bits per heavy atom. The van der Waals surface area contributed by atoms with Crippen molar-refractivity contribution in [3.8, 4) is 0 Å². The van der Waals surface area contributed by atoms with Crippen molar-refractivity contribution in [3.63, 3.8) is 0 Å². The van der Waals surface area contributed by atoms with Gasteiger partial charge in [-0.1, -0.05) is 233 Å². The van der Waals surface area contributed by atoms with E-state index in [1.807, 2.05) is 0 Å². The van der Waals surface area contributed by atoms with E-state index in [1.54, 1.807) is 0 Å². The second kappa shape index (κ2) is 67.5. The summed E-state index contributed by atoms with van der Waals surface area (Å²) in [6, 6.07) is -7.76. The normalized spacial score (nSPS) is 13.6. The maximum atomic E-state index is 14.4. The fourth-order valence-corrected chi connectivity index (χ4v) is 12.8. The minimum Gasteiger partial charge on any atom is -0.462 e. The van der Waals surface area contributed by atoms with E-state index in [0.717, 1.165) is 77.0 Å². The molecule has 7 atom stereocenters. The fourth-order valence-electron chi connectivity index (χ4n) is 11.8. The molecule has 0 radical (unpaired) electrons. The molecule has 0 aliphatic rings. The number of rotatable bonds is 74. The second-order valence-electron chi connectivity index (χ2n) is 27.2. The van der Waals surface area contributed by atoms with Gasteiger partial charge >= 0.3 is 11.9 Å². The highest BCUT2D eigenvalue weighted by Crippen LogP contribution is 2.19. The van der Waals surface area contributed by atoms with Gasteiger partial charge in [-0.25, -0.2) is 10.9 Å². The molecule has 0 bridgehead atoms. The first-order valence-electron chi connectivity index (χ1n) is 39.3. The number of thioether (sulfide) groups is 1. The Morgan fingerprint density at radius 2 is 0.704 bits per heavy atom. The lowest BCUT2D eigenvalue weighted by molar-refractivity contribution is -0.157. The van der Waals surface area contributed by atoms with E-state index in [9.17, 15) is 48.3 Å². The van der Waals surface area contributed by atoms with Crippen LogP contribution in [0, 0.1) is 0 Å². The molecule has 572 valence electrons. The van der Waals surface area contributed by atoms with Crippen molar-refractivity contribution in [1.82, 2.24) is 26.8 Å². The molecule has 0 aromatic carbocycles. The number of unbranched alkanes of at least 4 members (excludes halogenated alkanes) is 34. The van der Waals surface area contributed by atoms with Gasteiger partial charge in [0.05, 0.1) is 30.8 Å². The average Bonchev–Trinajstić information content (AvgIpc) is 0.865. The van der Waals surface area contributed by atoms with E-state index in [2.05, 4.69) is 47.6 Å². The molecule has 98 heavy (non-hydrogen) atoms. The number of aliphatic hydroxyl groups excluding tert-OH is 1. The number of amides is 3. The van der Waals surface area contributed by atoms with Crippen molar-refractivity contribution in [2.45, 2.75) is 371 Å². The first-order chi connectivity index (χ1) is 47.6. The van der Waals surface area contributed by atoms with E-state index in [-0.39, 0.29) is 69.6 Å². The number of ether oxygens (including phenoxy) is 2. The van der Waals surface area contributed by atoms with Crippen molar-refractivity contribution in [2.24, 2.45) is 28.7 Å². The molecule has 0 heterocycles. The van der Waals surface area contributed by atoms with Gasteiger partial charge in [-0.2, -0.15) is 11.8 Å². The number of esters is 2. The summed E-state index contributed by atoms with van der Waals surface area (Å²) >= 11 is 1.17. The number of hydrazine groups is 1. The Kier molecular flexibility index (Phi) is 64.8. The van der Waals surface area contributed by atoms with Crippen LogP contribution < -0.4 is 55.5 Å². The monoisotopic (exact) mass is 1410 g/mol. The fraction of sp³-hybridized carbons (Fsp3) is 0.880. The summed E-state index contributed by atoms with van der Waals surface area (Å²) < 4.78 is 11.7. The third-order valence-electron chi connectivity index (χ3n) is 18.1. The van der Waals surface area contributed by atoms with E-state index in [0.29, 0.717) is 90.3 Å². The summed E-state index contributed by atoms with van der Waals surface area (Å²) in [7, 11) is 0. The van der Waals surface area contributed by atoms with Crippen molar-refractivity contribution < 1.29 is 57.7 Å². The second-order valence-corrected chi connectivity index (χ2v) is 28.3. The Hall–Kier alpha value is -3.94. The first kappa shape index (κ1) is 94.1. The number of hydrogen-bond acceptors (Lipinski definition) is 20. The first-order valence-corrected chi connectivity index (χ1v) is 40.4. The Bertz CT molecular complexity index is 2050. The predicted molar refractivity (Wildman–Crippen MR) is 398 cm³/mol. The molecule has 22 nitrogen and oxygen atoms in total. The zero-order valence-corrected chi connectivity index (χ0v) is 62.7. The molecular weight excluding hydrogens is 1260 g/mol. The lowest BCUT2D eigenvalue weighted by Gasteiger charge is -2.26. The van der Waals surface area contributed by atoms with E-state index < -0.39 is 102 Å². The highest BCUT2D eigenvalue weighted by atomic mass is 32.2. The van der Waals surface area contributed by atoms with E-state index >= 15 is 0 Å². The molecule has 0 spiro atoms. The van der Waals surface area contributed by atoms with E-state index in [4.69, 9.17) is 38.1 Å². The van der Waals surface area contributed by atoms with Crippen molar-refractivity contribution >= 4 is 64.6 Å². The highest BCUT2D eigenvalue weighted by molar-refractivity contribution is 7.99. The van der Waals surface area contributed by atoms with Crippen LogP contribution in [0.1, 0.15) is 329 Å². The molecule has 3 amide bonds. The molecule has 0 saturated heterocycles. The van der Waals surface area contributed by atoms with Gasteiger partial charge in [0.15, 0.2) is 0 Å². The smallest absolute Gasteiger partial charge is 0.306 e. The lowest BCUT2D eigenvalue weighted by atomic mass is 9.96. The molecule has 16 N–H and O–H groups in total. The Balaban J connectivity index is 6.53. The van der Waals surface area contributed by atoms with Crippen LogP contribution in [0.3, 0.4) is 0 Å². The van der Waals surface area contributed by atoms with Crippen LogP contribution in [-0.2, 0) is 52.6 Å². The van der Waals surface area contributed by atoms with Gasteiger partial charge in [0.1, 0.15) is 24.8 Å². The number of hydrogen-bond donors (Lipinski definition) is 11. The number of Topliss-reactive ketones (excluding diaryl/α,β-unsaturated/α-hetero) is 4.